The zero-order chi connectivity index (χ0) is 14.3. The van der Waals surface area contributed by atoms with E-state index in [1.165, 1.54) is 22.3 Å². The number of anilines is 1. The minimum Gasteiger partial charge on any atom is -0.316 e. The highest BCUT2D eigenvalue weighted by Crippen LogP contribution is 2.29. The Labute approximate surface area is 123 Å². The summed E-state index contributed by atoms with van der Waals surface area (Å²) in [6.07, 6.45) is 2.79. The summed E-state index contributed by atoms with van der Waals surface area (Å²) >= 11 is 1.60. The van der Waals surface area contributed by atoms with Crippen molar-refractivity contribution in [3.8, 4) is 0 Å². The molecule has 0 fully saturated rings. The van der Waals surface area contributed by atoms with Gasteiger partial charge in [0.25, 0.3) is 0 Å². The van der Waals surface area contributed by atoms with Crippen molar-refractivity contribution in [2.24, 2.45) is 4.99 Å². The first kappa shape index (κ1) is 13.3. The minimum absolute atomic E-state index is 0.0751. The van der Waals surface area contributed by atoms with Crippen LogP contribution in [0.1, 0.15) is 36.1 Å². The van der Waals surface area contributed by atoms with Crippen LogP contribution in [0, 0.1) is 13.8 Å². The van der Waals surface area contributed by atoms with Crippen molar-refractivity contribution in [3.63, 3.8) is 0 Å². The van der Waals surface area contributed by atoms with Crippen molar-refractivity contribution in [3.05, 3.63) is 46.0 Å². The molecule has 0 radical (unpaired) electrons. The average molecular weight is 285 g/mol. The number of fused-ring (bicyclic) bond motifs is 1. The van der Waals surface area contributed by atoms with Gasteiger partial charge in [0.05, 0.1) is 5.54 Å². The summed E-state index contributed by atoms with van der Waals surface area (Å²) in [7, 11) is 0. The van der Waals surface area contributed by atoms with Gasteiger partial charge in [-0.2, -0.15) is 0 Å². The molecule has 4 heteroatoms. The number of thiazole rings is 1. The van der Waals surface area contributed by atoms with Crippen molar-refractivity contribution in [1.29, 1.82) is 0 Å². The quantitative estimate of drug-likeness (QED) is 0.861. The lowest BCUT2D eigenvalue weighted by Crippen LogP contribution is -2.32. The van der Waals surface area contributed by atoms with Crippen LogP contribution < -0.4 is 5.32 Å². The Kier molecular flexibility index (Phi) is 3.13. The van der Waals surface area contributed by atoms with Gasteiger partial charge in [-0.3, -0.25) is 4.99 Å². The molecule has 20 heavy (non-hydrogen) atoms. The molecular formula is C16H19N3S. The molecule has 2 aromatic rings. The van der Waals surface area contributed by atoms with Crippen molar-refractivity contribution in [2.75, 3.05) is 5.32 Å². The Morgan fingerprint density at radius 1 is 1.20 bits per heavy atom. The van der Waals surface area contributed by atoms with Crippen LogP contribution in [-0.2, 0) is 6.42 Å². The number of benzene rings is 1. The lowest BCUT2D eigenvalue weighted by molar-refractivity contribution is 0.513. The Morgan fingerprint density at radius 3 is 2.65 bits per heavy atom. The van der Waals surface area contributed by atoms with Crippen LogP contribution in [0.15, 0.2) is 28.7 Å². The monoisotopic (exact) mass is 285 g/mol. The van der Waals surface area contributed by atoms with E-state index in [0.29, 0.717) is 0 Å². The molecule has 0 bridgehead atoms. The van der Waals surface area contributed by atoms with E-state index in [1.807, 2.05) is 11.6 Å². The van der Waals surface area contributed by atoms with E-state index in [9.17, 15) is 0 Å². The third-order valence-corrected chi connectivity index (χ3v) is 4.36. The first-order chi connectivity index (χ1) is 9.44. The van der Waals surface area contributed by atoms with Crippen LogP contribution >= 0.6 is 11.3 Å². The van der Waals surface area contributed by atoms with Crippen molar-refractivity contribution < 1.29 is 0 Å². The Hall–Kier alpha value is -1.68. The maximum Gasteiger partial charge on any atom is 0.188 e. The fraction of sp³-hybridized carbons (Fsp3) is 0.375. The fourth-order valence-corrected chi connectivity index (χ4v) is 3.12. The molecule has 0 spiro atoms. The Bertz CT molecular complexity index is 669. The van der Waals surface area contributed by atoms with Gasteiger partial charge in [0.2, 0.25) is 0 Å². The van der Waals surface area contributed by atoms with Gasteiger partial charge in [-0.25, -0.2) is 4.98 Å². The number of rotatable bonds is 1. The number of amidine groups is 1. The molecule has 104 valence electrons. The maximum atomic E-state index is 4.87. The third kappa shape index (κ3) is 2.48. The van der Waals surface area contributed by atoms with Crippen LogP contribution in [-0.4, -0.2) is 16.4 Å². The number of aliphatic imine (C=N–C) groups is 1. The highest BCUT2D eigenvalue weighted by Gasteiger charge is 2.27. The summed E-state index contributed by atoms with van der Waals surface area (Å²) in [4.78, 5) is 9.17. The summed E-state index contributed by atoms with van der Waals surface area (Å²) in [5.74, 6) is 0.939. The first-order valence-corrected chi connectivity index (χ1v) is 7.69. The van der Waals surface area contributed by atoms with Gasteiger partial charge in [-0.15, -0.1) is 11.3 Å². The van der Waals surface area contributed by atoms with E-state index in [-0.39, 0.29) is 5.54 Å². The van der Waals surface area contributed by atoms with Crippen LogP contribution in [0.2, 0.25) is 0 Å². The predicted molar refractivity (Wildman–Crippen MR) is 86.0 cm³/mol. The lowest BCUT2D eigenvalue weighted by atomic mass is 9.86. The van der Waals surface area contributed by atoms with Gasteiger partial charge in [0.15, 0.2) is 5.13 Å². The van der Waals surface area contributed by atoms with Crippen molar-refractivity contribution in [2.45, 2.75) is 39.7 Å². The summed E-state index contributed by atoms with van der Waals surface area (Å²) in [5.41, 5.74) is 5.15. The molecule has 0 saturated carbocycles. The molecule has 1 aromatic heterocycles. The first-order valence-electron chi connectivity index (χ1n) is 6.81. The molecule has 3 nitrogen and oxygen atoms in total. The van der Waals surface area contributed by atoms with Gasteiger partial charge < -0.3 is 5.32 Å². The van der Waals surface area contributed by atoms with E-state index < -0.39 is 0 Å². The number of hydrogen-bond acceptors (Lipinski definition) is 4. The SMILES string of the molecule is Cc1cc2c(cc1C)C(Nc1nccs1)=NC(C)(C)C2. The summed E-state index contributed by atoms with van der Waals surface area (Å²) in [6, 6.07) is 4.53. The van der Waals surface area contributed by atoms with E-state index in [2.05, 4.69) is 50.1 Å². The van der Waals surface area contributed by atoms with E-state index in [1.54, 1.807) is 11.3 Å². The zero-order valence-electron chi connectivity index (χ0n) is 12.3. The molecule has 2 heterocycles. The van der Waals surface area contributed by atoms with Crippen LogP contribution in [0.4, 0.5) is 5.13 Å². The molecule has 0 unspecified atom stereocenters. The summed E-state index contributed by atoms with van der Waals surface area (Å²) in [5, 5.41) is 6.24. The molecule has 1 aromatic carbocycles. The van der Waals surface area contributed by atoms with Gasteiger partial charge in [-0.05, 0) is 56.9 Å². The standard InChI is InChI=1S/C16H19N3S/c1-10-7-12-9-16(3,4)19-14(13(12)8-11(10)2)18-15-17-5-6-20-15/h5-8H,9H2,1-4H3,(H,17,18,19). The molecule has 1 aliphatic rings. The second-order valence-corrected chi connectivity index (χ2v) is 6.90. The van der Waals surface area contributed by atoms with Crippen LogP contribution in [0.25, 0.3) is 0 Å². The number of hydrogen-bond donors (Lipinski definition) is 1. The molecule has 1 aliphatic heterocycles. The summed E-state index contributed by atoms with van der Waals surface area (Å²) < 4.78 is 0. The predicted octanol–water partition coefficient (Wildman–Crippen LogP) is 3.95. The topological polar surface area (TPSA) is 37.3 Å². The molecule has 0 aliphatic carbocycles. The normalized spacial score (nSPS) is 16.5. The van der Waals surface area contributed by atoms with Crippen LogP contribution in [0.5, 0.6) is 0 Å². The molecule has 0 atom stereocenters. The Balaban J connectivity index is 2.08. The van der Waals surface area contributed by atoms with Gasteiger partial charge in [0.1, 0.15) is 5.84 Å². The summed E-state index contributed by atoms with van der Waals surface area (Å²) in [6.45, 7) is 8.67. The molecule has 0 saturated heterocycles. The van der Waals surface area contributed by atoms with Crippen LogP contribution in [0.3, 0.4) is 0 Å². The average Bonchev–Trinajstić information content (AvgIpc) is 2.83. The molecular weight excluding hydrogens is 266 g/mol. The smallest absolute Gasteiger partial charge is 0.188 e. The fourth-order valence-electron chi connectivity index (χ4n) is 2.59. The van der Waals surface area contributed by atoms with Gasteiger partial charge in [-0.1, -0.05) is 6.07 Å². The second-order valence-electron chi connectivity index (χ2n) is 6.01. The lowest BCUT2D eigenvalue weighted by Gasteiger charge is -2.29. The maximum absolute atomic E-state index is 4.87. The molecule has 1 N–H and O–H groups in total. The highest BCUT2D eigenvalue weighted by molar-refractivity contribution is 7.13. The Morgan fingerprint density at radius 2 is 1.95 bits per heavy atom. The van der Waals surface area contributed by atoms with E-state index >= 15 is 0 Å². The van der Waals surface area contributed by atoms with Gasteiger partial charge >= 0.3 is 0 Å². The van der Waals surface area contributed by atoms with Crippen molar-refractivity contribution in [1.82, 2.24) is 4.98 Å². The number of nitrogens with one attached hydrogen (secondary N) is 1. The zero-order valence-corrected chi connectivity index (χ0v) is 13.1. The third-order valence-electron chi connectivity index (χ3n) is 3.67. The van der Waals surface area contributed by atoms with Crippen molar-refractivity contribution >= 4 is 22.3 Å². The van der Waals surface area contributed by atoms with E-state index in [0.717, 1.165) is 17.4 Å². The highest BCUT2D eigenvalue weighted by atomic mass is 32.1. The number of aromatic nitrogens is 1. The number of aryl methyl sites for hydroxylation is 2. The largest absolute Gasteiger partial charge is 0.316 e. The second kappa shape index (κ2) is 4.70. The van der Waals surface area contributed by atoms with E-state index in [4.69, 9.17) is 4.99 Å². The van der Waals surface area contributed by atoms with Gasteiger partial charge in [0, 0.05) is 17.1 Å². The molecule has 3 rings (SSSR count). The minimum atomic E-state index is -0.0751. The molecule has 0 amide bonds. The number of nitrogens with zero attached hydrogens (tertiary/aromatic N) is 2.